The summed E-state index contributed by atoms with van der Waals surface area (Å²) in [6.45, 7) is 6.36. The second-order valence-corrected chi connectivity index (χ2v) is 6.63. The molecule has 116 valence electrons. The van der Waals surface area contributed by atoms with Crippen molar-refractivity contribution in [3.63, 3.8) is 0 Å². The number of ether oxygens (including phenoxy) is 1. The van der Waals surface area contributed by atoms with Gasteiger partial charge in [-0.15, -0.1) is 0 Å². The number of nitrogens with one attached hydrogen (secondary N) is 1. The zero-order valence-corrected chi connectivity index (χ0v) is 13.3. The molecule has 1 N–H and O–H groups in total. The molecule has 22 heavy (non-hydrogen) atoms. The summed E-state index contributed by atoms with van der Waals surface area (Å²) < 4.78 is 5.56. The minimum atomic E-state index is -0.483. The van der Waals surface area contributed by atoms with Gasteiger partial charge in [-0.3, -0.25) is 4.90 Å². The first-order valence-corrected chi connectivity index (χ1v) is 7.68. The minimum Gasteiger partial charge on any atom is -0.444 e. The topological polar surface area (TPSA) is 45.3 Å². The lowest BCUT2D eigenvalue weighted by Crippen LogP contribution is -2.40. The first-order chi connectivity index (χ1) is 10.5. The molecule has 3 rings (SSSR count). The van der Waals surface area contributed by atoms with Crippen molar-refractivity contribution in [2.45, 2.75) is 38.8 Å². The summed E-state index contributed by atoms with van der Waals surface area (Å²) in [5.41, 5.74) is 1.71. The Morgan fingerprint density at radius 1 is 1.32 bits per heavy atom. The molecule has 1 aliphatic rings. The molecule has 0 spiro atoms. The van der Waals surface area contributed by atoms with E-state index in [1.807, 2.05) is 45.2 Å². The molecular weight excluding hydrogens is 276 g/mol. The average molecular weight is 298 g/mol. The van der Waals surface area contributed by atoms with Crippen LogP contribution >= 0.6 is 0 Å². The Kier molecular flexibility index (Phi) is 3.69. The molecule has 1 amide bonds. The normalized spacial score (nSPS) is 18.7. The van der Waals surface area contributed by atoms with Crippen molar-refractivity contribution in [3.05, 3.63) is 48.2 Å². The van der Waals surface area contributed by atoms with Gasteiger partial charge in [-0.25, -0.2) is 4.79 Å². The van der Waals surface area contributed by atoms with Gasteiger partial charge in [0.1, 0.15) is 5.60 Å². The van der Waals surface area contributed by atoms with Crippen molar-refractivity contribution < 1.29 is 9.53 Å². The van der Waals surface area contributed by atoms with Crippen LogP contribution in [0.15, 0.2) is 42.6 Å². The highest BCUT2D eigenvalue weighted by Gasteiger charge is 2.30. The highest BCUT2D eigenvalue weighted by Crippen LogP contribution is 2.32. The number of amides is 1. The van der Waals surface area contributed by atoms with Crippen LogP contribution in [0.1, 0.15) is 38.8 Å². The summed E-state index contributed by atoms with van der Waals surface area (Å²) >= 11 is 0. The summed E-state index contributed by atoms with van der Waals surface area (Å²) in [5.74, 6) is 0. The van der Waals surface area contributed by atoms with Crippen molar-refractivity contribution in [1.82, 2.24) is 9.88 Å². The van der Waals surface area contributed by atoms with E-state index in [1.165, 1.54) is 0 Å². The Bertz CT molecular complexity index is 709. The largest absolute Gasteiger partial charge is 0.444 e. The summed E-state index contributed by atoms with van der Waals surface area (Å²) in [5, 5.41) is 1.15. The predicted octanol–water partition coefficient (Wildman–Crippen LogP) is 4.41. The maximum atomic E-state index is 12.5. The molecule has 0 saturated heterocycles. The fourth-order valence-electron chi connectivity index (χ4n) is 2.82. The quantitative estimate of drug-likeness (QED) is 0.793. The molecule has 1 aromatic carbocycles. The lowest BCUT2D eigenvalue weighted by atomic mass is 10.0. The van der Waals surface area contributed by atoms with Gasteiger partial charge in [0.15, 0.2) is 0 Å². The number of benzene rings is 1. The summed E-state index contributed by atoms with van der Waals surface area (Å²) in [6.07, 6.45) is 6.81. The highest BCUT2D eigenvalue weighted by molar-refractivity contribution is 5.84. The molecule has 0 radical (unpaired) electrons. The van der Waals surface area contributed by atoms with E-state index in [0.29, 0.717) is 6.54 Å². The molecule has 0 saturated carbocycles. The van der Waals surface area contributed by atoms with Gasteiger partial charge in [0.25, 0.3) is 0 Å². The standard InChI is InChI=1S/C18H22N2O2/c1-18(2,3)22-17(21)20-11-7-6-10-16(20)14-12-19-15-9-5-4-8-13(14)15/h4-6,8-10,12,16,19H,7,11H2,1-3H3. The molecule has 1 unspecified atom stereocenters. The van der Waals surface area contributed by atoms with Crippen LogP contribution in [0.5, 0.6) is 0 Å². The Hall–Kier alpha value is -2.23. The van der Waals surface area contributed by atoms with E-state index in [2.05, 4.69) is 23.2 Å². The number of aromatic nitrogens is 1. The lowest BCUT2D eigenvalue weighted by molar-refractivity contribution is 0.0191. The summed E-state index contributed by atoms with van der Waals surface area (Å²) in [6, 6.07) is 8.06. The lowest BCUT2D eigenvalue weighted by Gasteiger charge is -2.34. The van der Waals surface area contributed by atoms with Gasteiger partial charge < -0.3 is 9.72 Å². The Labute approximate surface area is 130 Å². The van der Waals surface area contributed by atoms with E-state index in [1.54, 1.807) is 4.90 Å². The maximum Gasteiger partial charge on any atom is 0.411 e. The number of fused-ring (bicyclic) bond motifs is 1. The van der Waals surface area contributed by atoms with E-state index >= 15 is 0 Å². The molecule has 2 heterocycles. The Balaban J connectivity index is 1.94. The number of hydrogen-bond donors (Lipinski definition) is 1. The van der Waals surface area contributed by atoms with Crippen molar-refractivity contribution in [3.8, 4) is 0 Å². The van der Waals surface area contributed by atoms with Crippen LogP contribution in [0.3, 0.4) is 0 Å². The predicted molar refractivity (Wildman–Crippen MR) is 87.7 cm³/mol. The number of carbonyl (C=O) groups is 1. The number of nitrogens with zero attached hydrogens (tertiary/aromatic N) is 1. The fraction of sp³-hybridized carbons (Fsp3) is 0.389. The number of para-hydroxylation sites is 1. The molecule has 0 fully saturated rings. The number of carbonyl (C=O) groups excluding carboxylic acids is 1. The molecular formula is C18H22N2O2. The van der Waals surface area contributed by atoms with E-state index in [4.69, 9.17) is 4.74 Å². The van der Waals surface area contributed by atoms with Crippen LogP contribution in [0.2, 0.25) is 0 Å². The van der Waals surface area contributed by atoms with Gasteiger partial charge in [-0.1, -0.05) is 30.4 Å². The third kappa shape index (κ3) is 2.86. The summed E-state index contributed by atoms with van der Waals surface area (Å²) in [7, 11) is 0. The third-order valence-corrected chi connectivity index (χ3v) is 3.76. The zero-order chi connectivity index (χ0) is 15.7. The van der Waals surface area contributed by atoms with E-state index < -0.39 is 5.60 Å². The molecule has 1 atom stereocenters. The maximum absolute atomic E-state index is 12.5. The number of rotatable bonds is 1. The monoisotopic (exact) mass is 298 g/mol. The molecule has 0 aliphatic carbocycles. The fourth-order valence-corrected chi connectivity index (χ4v) is 2.82. The number of aromatic amines is 1. The van der Waals surface area contributed by atoms with E-state index in [0.717, 1.165) is 22.9 Å². The first kappa shape index (κ1) is 14.7. The van der Waals surface area contributed by atoms with Gasteiger partial charge >= 0.3 is 6.09 Å². The Morgan fingerprint density at radius 2 is 2.09 bits per heavy atom. The minimum absolute atomic E-state index is 0.0836. The molecule has 2 aromatic rings. The summed E-state index contributed by atoms with van der Waals surface area (Å²) in [4.78, 5) is 17.6. The molecule has 0 bridgehead atoms. The zero-order valence-electron chi connectivity index (χ0n) is 13.3. The van der Waals surface area contributed by atoms with E-state index in [-0.39, 0.29) is 12.1 Å². The van der Waals surface area contributed by atoms with Crippen LogP contribution < -0.4 is 0 Å². The SMILES string of the molecule is CC(C)(C)OC(=O)N1CCC=CC1c1c[nH]c2ccccc12. The van der Waals surface area contributed by atoms with E-state index in [9.17, 15) is 4.79 Å². The number of hydrogen-bond acceptors (Lipinski definition) is 2. The second-order valence-electron chi connectivity index (χ2n) is 6.63. The van der Waals surface area contributed by atoms with Crippen LogP contribution in [-0.2, 0) is 4.74 Å². The van der Waals surface area contributed by atoms with Crippen molar-refractivity contribution >= 4 is 17.0 Å². The second kappa shape index (κ2) is 5.52. The van der Waals surface area contributed by atoms with Gasteiger partial charge in [-0.2, -0.15) is 0 Å². The first-order valence-electron chi connectivity index (χ1n) is 7.68. The smallest absolute Gasteiger partial charge is 0.411 e. The molecule has 1 aliphatic heterocycles. The van der Waals surface area contributed by atoms with Crippen molar-refractivity contribution in [2.24, 2.45) is 0 Å². The molecule has 4 nitrogen and oxygen atoms in total. The number of H-pyrrole nitrogens is 1. The molecule has 1 aromatic heterocycles. The van der Waals surface area contributed by atoms with Gasteiger partial charge in [-0.05, 0) is 33.3 Å². The van der Waals surface area contributed by atoms with Crippen LogP contribution in [0.25, 0.3) is 10.9 Å². The van der Waals surface area contributed by atoms with Crippen molar-refractivity contribution in [2.75, 3.05) is 6.54 Å². The Morgan fingerprint density at radius 3 is 2.86 bits per heavy atom. The third-order valence-electron chi connectivity index (χ3n) is 3.76. The van der Waals surface area contributed by atoms with Crippen LogP contribution in [-0.4, -0.2) is 28.1 Å². The van der Waals surface area contributed by atoms with Crippen LogP contribution in [0.4, 0.5) is 4.79 Å². The van der Waals surface area contributed by atoms with Gasteiger partial charge in [0.2, 0.25) is 0 Å². The van der Waals surface area contributed by atoms with Crippen LogP contribution in [0, 0.1) is 0 Å². The van der Waals surface area contributed by atoms with Crippen molar-refractivity contribution in [1.29, 1.82) is 0 Å². The average Bonchev–Trinajstić information content (AvgIpc) is 2.89. The van der Waals surface area contributed by atoms with Gasteiger partial charge in [0, 0.05) is 29.2 Å². The highest BCUT2D eigenvalue weighted by atomic mass is 16.6. The van der Waals surface area contributed by atoms with Gasteiger partial charge in [0.05, 0.1) is 6.04 Å². The molecule has 4 heteroatoms.